The standard InChI is InChI=1S/C32H34N6O4/c1-41-31-10-4-8-23(33-31)17-27(39)19-25-12-14-29(37-35-25)21-6-3-7-22(16-21)30-15-13-26(36-38-30)20-28(40)18-24-9-5-11-32(34-24)42-2/h4-5,8-15,21-22H,3,6-7,16-20H2,1-2H3/t21-,22-/m0/s1. The van der Waals surface area contributed by atoms with Crippen LogP contribution in [0.1, 0.15) is 71.7 Å². The Morgan fingerprint density at radius 2 is 1.07 bits per heavy atom. The van der Waals surface area contributed by atoms with Gasteiger partial charge in [-0.25, -0.2) is 9.97 Å². The zero-order valence-electron chi connectivity index (χ0n) is 23.9. The molecule has 0 amide bonds. The van der Waals surface area contributed by atoms with Crippen molar-refractivity contribution in [1.29, 1.82) is 0 Å². The number of pyridine rings is 2. The van der Waals surface area contributed by atoms with E-state index in [9.17, 15) is 9.59 Å². The molecule has 42 heavy (non-hydrogen) atoms. The lowest BCUT2D eigenvalue weighted by atomic mass is 9.78. The summed E-state index contributed by atoms with van der Waals surface area (Å²) in [6.07, 6.45) is 4.88. The van der Waals surface area contributed by atoms with Crippen LogP contribution in [0, 0.1) is 0 Å². The van der Waals surface area contributed by atoms with Crippen LogP contribution in [0.3, 0.4) is 0 Å². The Labute approximate surface area is 245 Å². The number of nitrogens with zero attached hydrogens (tertiary/aromatic N) is 6. The summed E-state index contributed by atoms with van der Waals surface area (Å²) in [6, 6.07) is 18.6. The third-order valence-corrected chi connectivity index (χ3v) is 7.49. The molecule has 216 valence electrons. The molecule has 1 aliphatic carbocycles. The molecule has 0 saturated heterocycles. The van der Waals surface area contributed by atoms with E-state index in [-0.39, 0.29) is 49.1 Å². The fraction of sp³-hybridized carbons (Fsp3) is 0.375. The van der Waals surface area contributed by atoms with Crippen molar-refractivity contribution in [2.75, 3.05) is 14.2 Å². The average Bonchev–Trinajstić information content (AvgIpc) is 3.02. The Morgan fingerprint density at radius 3 is 1.48 bits per heavy atom. The van der Waals surface area contributed by atoms with Crippen LogP contribution in [0.15, 0.2) is 60.7 Å². The van der Waals surface area contributed by atoms with Crippen molar-refractivity contribution < 1.29 is 19.1 Å². The maximum absolute atomic E-state index is 12.6. The molecule has 1 aliphatic rings. The lowest BCUT2D eigenvalue weighted by molar-refractivity contribution is -0.118. The van der Waals surface area contributed by atoms with Crippen LogP contribution in [0.5, 0.6) is 11.8 Å². The Balaban J connectivity index is 1.13. The van der Waals surface area contributed by atoms with Crippen LogP contribution in [-0.4, -0.2) is 56.1 Å². The molecule has 0 aromatic carbocycles. The van der Waals surface area contributed by atoms with E-state index in [1.807, 2.05) is 48.5 Å². The predicted molar refractivity (Wildman–Crippen MR) is 154 cm³/mol. The molecule has 10 nitrogen and oxygen atoms in total. The Kier molecular flexibility index (Phi) is 9.53. The minimum atomic E-state index is 0.0243. The Hall–Kier alpha value is -4.60. The summed E-state index contributed by atoms with van der Waals surface area (Å²) < 4.78 is 10.3. The molecule has 0 radical (unpaired) electrons. The van der Waals surface area contributed by atoms with E-state index >= 15 is 0 Å². The normalized spacial score (nSPS) is 16.5. The lowest BCUT2D eigenvalue weighted by Gasteiger charge is -2.28. The second-order valence-corrected chi connectivity index (χ2v) is 10.6. The summed E-state index contributed by atoms with van der Waals surface area (Å²) >= 11 is 0. The van der Waals surface area contributed by atoms with Gasteiger partial charge >= 0.3 is 0 Å². The number of carbonyl (C=O) groups excluding carboxylic acids is 2. The molecule has 4 aromatic heterocycles. The lowest BCUT2D eigenvalue weighted by Crippen LogP contribution is -2.17. The van der Waals surface area contributed by atoms with Gasteiger partial charge in [0, 0.05) is 36.8 Å². The fourth-order valence-corrected chi connectivity index (χ4v) is 5.36. The van der Waals surface area contributed by atoms with Gasteiger partial charge in [-0.15, -0.1) is 0 Å². The predicted octanol–water partition coefficient (Wildman–Crippen LogP) is 4.22. The monoisotopic (exact) mass is 566 g/mol. The van der Waals surface area contributed by atoms with Gasteiger partial charge in [0.15, 0.2) is 0 Å². The smallest absolute Gasteiger partial charge is 0.213 e. The van der Waals surface area contributed by atoms with Gasteiger partial charge in [0.1, 0.15) is 11.6 Å². The van der Waals surface area contributed by atoms with Gasteiger partial charge in [-0.1, -0.05) is 18.6 Å². The van der Waals surface area contributed by atoms with Crippen molar-refractivity contribution in [2.45, 2.75) is 63.2 Å². The highest BCUT2D eigenvalue weighted by atomic mass is 16.5. The van der Waals surface area contributed by atoms with Gasteiger partial charge in [-0.3, -0.25) is 9.59 Å². The molecular weight excluding hydrogens is 532 g/mol. The molecule has 0 unspecified atom stereocenters. The molecule has 5 rings (SSSR count). The largest absolute Gasteiger partial charge is 0.481 e. The number of ether oxygens (including phenoxy) is 2. The van der Waals surface area contributed by atoms with Crippen molar-refractivity contribution in [1.82, 2.24) is 30.4 Å². The van der Waals surface area contributed by atoms with Crippen molar-refractivity contribution in [3.63, 3.8) is 0 Å². The van der Waals surface area contributed by atoms with Crippen molar-refractivity contribution in [3.05, 3.63) is 94.8 Å². The number of carbonyl (C=O) groups is 2. The molecule has 4 aromatic rings. The van der Waals surface area contributed by atoms with Crippen LogP contribution in [-0.2, 0) is 35.3 Å². The number of Topliss-reactive ketones (excluding diaryl/α,β-unsaturated/α-hetero) is 2. The number of ketones is 2. The van der Waals surface area contributed by atoms with E-state index in [0.717, 1.165) is 37.1 Å². The van der Waals surface area contributed by atoms with Gasteiger partial charge in [0.05, 0.1) is 61.2 Å². The van der Waals surface area contributed by atoms with Gasteiger partial charge in [0.25, 0.3) is 0 Å². The van der Waals surface area contributed by atoms with E-state index in [2.05, 4.69) is 30.4 Å². The summed E-state index contributed by atoms with van der Waals surface area (Å²) in [6.45, 7) is 0. The van der Waals surface area contributed by atoms with Crippen LogP contribution >= 0.6 is 0 Å². The summed E-state index contributed by atoms with van der Waals surface area (Å²) in [5, 5.41) is 17.7. The molecule has 4 heterocycles. The Bertz CT molecular complexity index is 1400. The number of hydrogen-bond donors (Lipinski definition) is 0. The van der Waals surface area contributed by atoms with E-state index in [1.165, 1.54) is 0 Å². The van der Waals surface area contributed by atoms with Crippen molar-refractivity contribution >= 4 is 11.6 Å². The minimum absolute atomic E-state index is 0.0243. The maximum Gasteiger partial charge on any atom is 0.213 e. The van der Waals surface area contributed by atoms with Gasteiger partial charge in [-0.05, 0) is 55.7 Å². The number of aromatic nitrogens is 6. The van der Waals surface area contributed by atoms with Crippen LogP contribution in [0.25, 0.3) is 0 Å². The summed E-state index contributed by atoms with van der Waals surface area (Å²) in [4.78, 5) is 33.8. The summed E-state index contributed by atoms with van der Waals surface area (Å²) in [5.74, 6) is 1.56. The minimum Gasteiger partial charge on any atom is -0.481 e. The van der Waals surface area contributed by atoms with Crippen LogP contribution in [0.4, 0.5) is 0 Å². The molecular formula is C32H34N6O4. The highest BCUT2D eigenvalue weighted by Gasteiger charge is 2.27. The SMILES string of the molecule is COc1cccc(CC(=O)Cc2ccc([C@H]3CCC[C@H](c4ccc(CC(=O)Cc5cccc(OC)n5)nn4)C3)nn2)n1. The van der Waals surface area contributed by atoms with Gasteiger partial charge < -0.3 is 9.47 Å². The average molecular weight is 567 g/mol. The Morgan fingerprint density at radius 1 is 0.619 bits per heavy atom. The van der Waals surface area contributed by atoms with E-state index < -0.39 is 0 Å². The van der Waals surface area contributed by atoms with Crippen molar-refractivity contribution in [2.24, 2.45) is 0 Å². The molecule has 0 aliphatic heterocycles. The van der Waals surface area contributed by atoms with Gasteiger partial charge in [0.2, 0.25) is 11.8 Å². The number of rotatable bonds is 12. The molecule has 0 N–H and O–H groups in total. The number of methoxy groups -OCH3 is 2. The highest BCUT2D eigenvalue weighted by molar-refractivity contribution is 5.82. The topological polar surface area (TPSA) is 130 Å². The third-order valence-electron chi connectivity index (χ3n) is 7.49. The second-order valence-electron chi connectivity index (χ2n) is 10.6. The molecule has 2 atom stereocenters. The van der Waals surface area contributed by atoms with Gasteiger partial charge in [-0.2, -0.15) is 20.4 Å². The summed E-state index contributed by atoms with van der Waals surface area (Å²) in [7, 11) is 3.11. The first-order valence-electron chi connectivity index (χ1n) is 14.2. The first-order chi connectivity index (χ1) is 20.5. The number of hydrogen-bond acceptors (Lipinski definition) is 10. The zero-order valence-corrected chi connectivity index (χ0v) is 23.9. The zero-order chi connectivity index (χ0) is 29.3. The van der Waals surface area contributed by atoms with Crippen LogP contribution < -0.4 is 9.47 Å². The molecule has 1 saturated carbocycles. The van der Waals surface area contributed by atoms with Crippen LogP contribution in [0.2, 0.25) is 0 Å². The summed E-state index contributed by atoms with van der Waals surface area (Å²) in [5.41, 5.74) is 4.52. The molecule has 1 fully saturated rings. The molecule has 10 heteroatoms. The molecule has 0 spiro atoms. The van der Waals surface area contributed by atoms with E-state index in [0.29, 0.717) is 34.5 Å². The fourth-order valence-electron chi connectivity index (χ4n) is 5.36. The van der Waals surface area contributed by atoms with Crippen molar-refractivity contribution in [3.8, 4) is 11.8 Å². The first-order valence-corrected chi connectivity index (χ1v) is 14.2. The third kappa shape index (κ3) is 7.78. The first kappa shape index (κ1) is 28.9. The van der Waals surface area contributed by atoms with E-state index in [1.54, 1.807) is 26.4 Å². The van der Waals surface area contributed by atoms with E-state index in [4.69, 9.17) is 9.47 Å². The highest BCUT2D eigenvalue weighted by Crippen LogP contribution is 2.39. The quantitative estimate of drug-likeness (QED) is 0.246. The molecule has 0 bridgehead atoms. The maximum atomic E-state index is 12.6. The second kappa shape index (κ2) is 13.8.